The van der Waals surface area contributed by atoms with E-state index in [-0.39, 0.29) is 5.91 Å². The van der Waals surface area contributed by atoms with Crippen molar-refractivity contribution in [3.05, 3.63) is 78.5 Å². The monoisotopic (exact) mass is 380 g/mol. The molecule has 1 aromatic heterocycles. The van der Waals surface area contributed by atoms with Gasteiger partial charge in [-0.2, -0.15) is 0 Å². The number of aromatic nitrogens is 1. The van der Waals surface area contributed by atoms with Crippen molar-refractivity contribution in [1.82, 2.24) is 10.3 Å². The smallest absolute Gasteiger partial charge is 0.254 e. The normalized spacial score (nSPS) is 10.3. The number of pyridine rings is 1. The first-order valence-corrected chi connectivity index (χ1v) is 9.31. The summed E-state index contributed by atoms with van der Waals surface area (Å²) >= 11 is 1.46. The van der Waals surface area contributed by atoms with Gasteiger partial charge in [0.1, 0.15) is 11.6 Å². The molecule has 0 bridgehead atoms. The first kappa shape index (κ1) is 18.8. The quantitative estimate of drug-likeness (QED) is 0.598. The Bertz CT molecular complexity index is 887. The second-order valence-electron chi connectivity index (χ2n) is 5.53. The molecule has 5 nitrogen and oxygen atoms in total. The van der Waals surface area contributed by atoms with Gasteiger partial charge in [-0.15, -0.1) is 0 Å². The first-order chi connectivity index (χ1) is 13.3. The van der Waals surface area contributed by atoms with Gasteiger partial charge in [0.2, 0.25) is 0 Å². The minimum atomic E-state index is -0.176. The predicted octanol–water partition coefficient (Wildman–Crippen LogP) is 4.05. The summed E-state index contributed by atoms with van der Waals surface area (Å²) in [5.41, 5.74) is 0.545. The lowest BCUT2D eigenvalue weighted by Gasteiger charge is -2.12. The first-order valence-electron chi connectivity index (χ1n) is 8.50. The van der Waals surface area contributed by atoms with Crippen LogP contribution in [0.2, 0.25) is 0 Å². The fourth-order valence-corrected chi connectivity index (χ4v) is 3.30. The number of carbonyl (C=O) groups excluding carboxylic acids is 1. The van der Waals surface area contributed by atoms with E-state index in [1.165, 1.54) is 11.8 Å². The highest BCUT2D eigenvalue weighted by molar-refractivity contribution is 7.99. The van der Waals surface area contributed by atoms with E-state index in [2.05, 4.69) is 10.3 Å². The SMILES string of the molecule is COc1ccccc1OCCNC(=O)c1cccnc1Sc1ccccc1. The Labute approximate surface area is 162 Å². The van der Waals surface area contributed by atoms with Crippen molar-refractivity contribution in [3.63, 3.8) is 0 Å². The van der Waals surface area contributed by atoms with Crippen molar-refractivity contribution in [3.8, 4) is 11.5 Å². The maximum atomic E-state index is 12.5. The third-order valence-electron chi connectivity index (χ3n) is 3.69. The van der Waals surface area contributed by atoms with Crippen molar-refractivity contribution >= 4 is 17.7 Å². The standard InChI is InChI=1S/C21H20N2O3S/c1-25-18-11-5-6-12-19(18)26-15-14-22-20(24)17-10-7-13-23-21(17)27-16-8-3-2-4-9-16/h2-13H,14-15H2,1H3,(H,22,24). The molecule has 1 heterocycles. The molecule has 1 amide bonds. The van der Waals surface area contributed by atoms with Crippen LogP contribution in [0.1, 0.15) is 10.4 Å². The summed E-state index contributed by atoms with van der Waals surface area (Å²) < 4.78 is 10.9. The van der Waals surface area contributed by atoms with Gasteiger partial charge in [-0.1, -0.05) is 42.1 Å². The van der Waals surface area contributed by atoms with E-state index in [0.717, 1.165) is 4.90 Å². The van der Waals surface area contributed by atoms with E-state index in [4.69, 9.17) is 9.47 Å². The highest BCUT2D eigenvalue weighted by Crippen LogP contribution is 2.28. The van der Waals surface area contributed by atoms with Crippen molar-refractivity contribution in [2.75, 3.05) is 20.3 Å². The summed E-state index contributed by atoms with van der Waals surface area (Å²) in [5.74, 6) is 1.14. The highest BCUT2D eigenvalue weighted by Gasteiger charge is 2.13. The van der Waals surface area contributed by atoms with Crippen molar-refractivity contribution in [1.29, 1.82) is 0 Å². The number of hydrogen-bond acceptors (Lipinski definition) is 5. The van der Waals surface area contributed by atoms with Crippen LogP contribution in [0, 0.1) is 0 Å². The summed E-state index contributed by atoms with van der Waals surface area (Å²) in [4.78, 5) is 17.9. The van der Waals surface area contributed by atoms with Gasteiger partial charge in [0.25, 0.3) is 5.91 Å². The lowest BCUT2D eigenvalue weighted by Crippen LogP contribution is -2.28. The number of amides is 1. The summed E-state index contributed by atoms with van der Waals surface area (Å²) in [6.07, 6.45) is 1.69. The summed E-state index contributed by atoms with van der Waals surface area (Å²) in [6.45, 7) is 0.717. The molecule has 138 valence electrons. The average molecular weight is 380 g/mol. The number of ether oxygens (including phenoxy) is 2. The predicted molar refractivity (Wildman–Crippen MR) is 106 cm³/mol. The molecule has 0 aliphatic rings. The molecule has 3 rings (SSSR count). The van der Waals surface area contributed by atoms with Gasteiger partial charge in [0.05, 0.1) is 19.2 Å². The zero-order chi connectivity index (χ0) is 18.9. The molecule has 27 heavy (non-hydrogen) atoms. The van der Waals surface area contributed by atoms with Crippen LogP contribution in [-0.2, 0) is 0 Å². The molecular weight excluding hydrogens is 360 g/mol. The van der Waals surface area contributed by atoms with Gasteiger partial charge in [-0.05, 0) is 36.4 Å². The van der Waals surface area contributed by atoms with E-state index in [1.807, 2.05) is 54.6 Å². The third kappa shape index (κ3) is 5.24. The molecule has 2 aromatic carbocycles. The molecule has 6 heteroatoms. The molecule has 0 spiro atoms. The minimum absolute atomic E-state index is 0.176. The van der Waals surface area contributed by atoms with Crippen LogP contribution in [0.5, 0.6) is 11.5 Å². The van der Waals surface area contributed by atoms with E-state index in [9.17, 15) is 4.79 Å². The molecule has 1 N–H and O–H groups in total. The Morgan fingerprint density at radius 1 is 1.00 bits per heavy atom. The molecular formula is C21H20N2O3S. The average Bonchev–Trinajstić information content (AvgIpc) is 2.72. The number of nitrogens with zero attached hydrogens (tertiary/aromatic N) is 1. The molecule has 3 aromatic rings. The maximum Gasteiger partial charge on any atom is 0.254 e. The van der Waals surface area contributed by atoms with Crippen LogP contribution < -0.4 is 14.8 Å². The van der Waals surface area contributed by atoms with E-state index in [0.29, 0.717) is 35.2 Å². The molecule has 0 saturated carbocycles. The van der Waals surface area contributed by atoms with Crippen LogP contribution in [0.4, 0.5) is 0 Å². The number of hydrogen-bond donors (Lipinski definition) is 1. The Morgan fingerprint density at radius 2 is 1.74 bits per heavy atom. The van der Waals surface area contributed by atoms with Crippen molar-refractivity contribution in [2.24, 2.45) is 0 Å². The summed E-state index contributed by atoms with van der Waals surface area (Å²) in [7, 11) is 1.60. The summed E-state index contributed by atoms with van der Waals surface area (Å²) in [6, 6.07) is 20.8. The molecule has 0 fully saturated rings. The lowest BCUT2D eigenvalue weighted by molar-refractivity contribution is 0.0943. The second kappa shape index (κ2) is 9.64. The molecule has 0 aliphatic carbocycles. The van der Waals surface area contributed by atoms with Gasteiger partial charge in [-0.3, -0.25) is 4.79 Å². The maximum absolute atomic E-state index is 12.5. The van der Waals surface area contributed by atoms with Gasteiger partial charge in [0, 0.05) is 11.1 Å². The molecule has 0 radical (unpaired) electrons. The largest absolute Gasteiger partial charge is 0.493 e. The highest BCUT2D eigenvalue weighted by atomic mass is 32.2. The number of benzene rings is 2. The van der Waals surface area contributed by atoms with Gasteiger partial charge in [-0.25, -0.2) is 4.98 Å². The molecule has 0 aliphatic heterocycles. The van der Waals surface area contributed by atoms with E-state index >= 15 is 0 Å². The zero-order valence-corrected chi connectivity index (χ0v) is 15.7. The minimum Gasteiger partial charge on any atom is -0.493 e. The second-order valence-corrected chi connectivity index (χ2v) is 6.59. The number of nitrogens with one attached hydrogen (secondary N) is 1. The van der Waals surface area contributed by atoms with Crippen molar-refractivity contribution in [2.45, 2.75) is 9.92 Å². The van der Waals surface area contributed by atoms with Crippen LogP contribution in [0.15, 0.2) is 82.8 Å². The molecule has 0 atom stereocenters. The lowest BCUT2D eigenvalue weighted by atomic mass is 10.2. The van der Waals surface area contributed by atoms with Crippen LogP contribution in [0.25, 0.3) is 0 Å². The Kier molecular flexibility index (Phi) is 6.71. The Balaban J connectivity index is 1.57. The molecule has 0 saturated heterocycles. The zero-order valence-electron chi connectivity index (χ0n) is 14.9. The van der Waals surface area contributed by atoms with Gasteiger partial charge >= 0.3 is 0 Å². The van der Waals surface area contributed by atoms with E-state index in [1.54, 1.807) is 25.4 Å². The Hall–Kier alpha value is -2.99. The number of para-hydroxylation sites is 2. The number of methoxy groups -OCH3 is 1. The van der Waals surface area contributed by atoms with Gasteiger partial charge < -0.3 is 14.8 Å². The Morgan fingerprint density at radius 3 is 2.52 bits per heavy atom. The fraction of sp³-hybridized carbons (Fsp3) is 0.143. The number of carbonyl (C=O) groups is 1. The van der Waals surface area contributed by atoms with Gasteiger partial charge in [0.15, 0.2) is 11.5 Å². The number of rotatable bonds is 8. The van der Waals surface area contributed by atoms with Crippen LogP contribution in [-0.4, -0.2) is 31.2 Å². The van der Waals surface area contributed by atoms with Crippen LogP contribution in [0.3, 0.4) is 0 Å². The van der Waals surface area contributed by atoms with Crippen LogP contribution >= 0.6 is 11.8 Å². The third-order valence-corrected chi connectivity index (χ3v) is 4.71. The van der Waals surface area contributed by atoms with Crippen molar-refractivity contribution < 1.29 is 14.3 Å². The topological polar surface area (TPSA) is 60.5 Å². The van der Waals surface area contributed by atoms with E-state index < -0.39 is 0 Å². The fourth-order valence-electron chi connectivity index (χ4n) is 2.40. The summed E-state index contributed by atoms with van der Waals surface area (Å²) in [5, 5.41) is 3.55. The molecule has 0 unspecified atom stereocenters.